The van der Waals surface area contributed by atoms with Crippen LogP contribution in [0.25, 0.3) is 10.2 Å². The van der Waals surface area contributed by atoms with E-state index >= 15 is 0 Å². The first-order chi connectivity index (χ1) is 11.5. The van der Waals surface area contributed by atoms with E-state index in [1.807, 2.05) is 24.3 Å². The van der Waals surface area contributed by atoms with Crippen molar-refractivity contribution in [1.29, 1.82) is 0 Å². The Kier molecular flexibility index (Phi) is 4.52. The molecule has 24 heavy (non-hydrogen) atoms. The summed E-state index contributed by atoms with van der Waals surface area (Å²) in [6.07, 6.45) is 1.51. The van der Waals surface area contributed by atoms with Crippen LogP contribution in [0.15, 0.2) is 30.5 Å². The van der Waals surface area contributed by atoms with Crippen molar-refractivity contribution in [2.75, 3.05) is 10.6 Å². The zero-order chi connectivity index (χ0) is 17.1. The molecule has 0 saturated carbocycles. The highest BCUT2D eigenvalue weighted by atomic mass is 32.1. The van der Waals surface area contributed by atoms with Gasteiger partial charge in [0.25, 0.3) is 0 Å². The van der Waals surface area contributed by atoms with Crippen LogP contribution in [0.3, 0.4) is 0 Å². The lowest BCUT2D eigenvalue weighted by atomic mass is 10.2. The van der Waals surface area contributed by atoms with Gasteiger partial charge in [0.2, 0.25) is 11.8 Å². The van der Waals surface area contributed by atoms with Crippen LogP contribution in [0.1, 0.15) is 13.8 Å². The molecular weight excluding hydrogens is 328 g/mol. The van der Waals surface area contributed by atoms with Crippen molar-refractivity contribution in [3.05, 3.63) is 30.5 Å². The maximum Gasteiger partial charge on any atom is 0.247 e. The Morgan fingerprint density at radius 1 is 1.25 bits per heavy atom. The summed E-state index contributed by atoms with van der Waals surface area (Å²) < 4.78 is 2.37. The number of carbonyl (C=O) groups excluding carboxylic acids is 2. The molecule has 2 N–H and O–H groups in total. The number of benzene rings is 1. The van der Waals surface area contributed by atoms with E-state index in [0.29, 0.717) is 10.9 Å². The molecule has 9 heteroatoms. The first-order valence-corrected chi connectivity index (χ1v) is 8.19. The normalized spacial score (nSPS) is 11.0. The molecule has 2 aromatic heterocycles. The molecule has 0 aliphatic carbocycles. The molecule has 8 nitrogen and oxygen atoms in total. The predicted molar refractivity (Wildman–Crippen MR) is 91.7 cm³/mol. The lowest BCUT2D eigenvalue weighted by molar-refractivity contribution is -0.119. The second-order valence-corrected chi connectivity index (χ2v) is 6.51. The highest BCUT2D eigenvalue weighted by Gasteiger charge is 2.12. The second kappa shape index (κ2) is 6.75. The van der Waals surface area contributed by atoms with E-state index in [4.69, 9.17) is 0 Å². The van der Waals surface area contributed by atoms with E-state index in [0.717, 1.165) is 10.2 Å². The maximum absolute atomic E-state index is 12.1. The molecule has 0 unspecified atom stereocenters. The van der Waals surface area contributed by atoms with E-state index < -0.39 is 0 Å². The molecule has 2 heterocycles. The van der Waals surface area contributed by atoms with Gasteiger partial charge in [-0.2, -0.15) is 0 Å². The molecule has 3 rings (SSSR count). The number of aromatic nitrogens is 4. The number of nitrogens with zero attached hydrogens (tertiary/aromatic N) is 4. The molecule has 3 aromatic rings. The third kappa shape index (κ3) is 3.74. The van der Waals surface area contributed by atoms with Crippen LogP contribution in [-0.2, 0) is 16.1 Å². The molecule has 0 atom stereocenters. The molecule has 124 valence electrons. The first-order valence-electron chi connectivity index (χ1n) is 7.37. The molecule has 1 aromatic carbocycles. The molecule has 0 fully saturated rings. The van der Waals surface area contributed by atoms with Crippen LogP contribution in [0, 0.1) is 5.92 Å². The van der Waals surface area contributed by atoms with Gasteiger partial charge < -0.3 is 10.6 Å². The number of para-hydroxylation sites is 1. The van der Waals surface area contributed by atoms with Crippen LogP contribution >= 0.6 is 11.3 Å². The Labute approximate surface area is 141 Å². The van der Waals surface area contributed by atoms with E-state index in [1.54, 1.807) is 13.8 Å². The van der Waals surface area contributed by atoms with Crippen molar-refractivity contribution in [3.63, 3.8) is 0 Å². The number of rotatable bonds is 5. The Bertz CT molecular complexity index is 852. The number of fused-ring (bicyclic) bond motifs is 1. The molecule has 0 radical (unpaired) electrons. The van der Waals surface area contributed by atoms with Gasteiger partial charge in [-0.3, -0.25) is 9.59 Å². The Morgan fingerprint density at radius 3 is 2.79 bits per heavy atom. The van der Waals surface area contributed by atoms with Gasteiger partial charge in [-0.05, 0) is 12.1 Å². The molecule has 0 bridgehead atoms. The summed E-state index contributed by atoms with van der Waals surface area (Å²) in [5.41, 5.74) is 0.845. The van der Waals surface area contributed by atoms with E-state index in [-0.39, 0.29) is 24.3 Å². The van der Waals surface area contributed by atoms with Crippen molar-refractivity contribution in [3.8, 4) is 0 Å². The fourth-order valence-electron chi connectivity index (χ4n) is 1.94. The molecule has 2 amide bonds. The van der Waals surface area contributed by atoms with Gasteiger partial charge in [-0.15, -0.1) is 5.10 Å². The SMILES string of the molecule is CC(C)C(=O)Nc1cn(CC(=O)Nc2nc3ccccc3s2)nn1. The molecular formula is C15H16N6O2S. The number of anilines is 2. The Hall–Kier alpha value is -2.81. The standard InChI is InChI=1S/C15H16N6O2S/c1-9(2)14(23)17-12-7-21(20-19-12)8-13(22)18-15-16-10-5-3-4-6-11(10)24-15/h3-7,9H,8H2,1-2H3,(H,17,23)(H,16,18,22). The second-order valence-electron chi connectivity index (χ2n) is 5.48. The zero-order valence-electron chi connectivity index (χ0n) is 13.2. The van der Waals surface area contributed by atoms with Crippen molar-refractivity contribution >= 4 is 44.3 Å². The molecule has 0 saturated heterocycles. The predicted octanol–water partition coefficient (Wildman–Crippen LogP) is 2.12. The number of nitrogens with one attached hydrogen (secondary N) is 2. The lowest BCUT2D eigenvalue weighted by Gasteiger charge is -2.03. The van der Waals surface area contributed by atoms with Crippen LogP contribution < -0.4 is 10.6 Å². The summed E-state index contributed by atoms with van der Waals surface area (Å²) in [6.45, 7) is 3.55. The summed E-state index contributed by atoms with van der Waals surface area (Å²) in [7, 11) is 0. The van der Waals surface area contributed by atoms with Gasteiger partial charge in [0.1, 0.15) is 6.54 Å². The van der Waals surface area contributed by atoms with E-state index in [1.165, 1.54) is 22.2 Å². The summed E-state index contributed by atoms with van der Waals surface area (Å²) in [5.74, 6) is -0.249. The minimum absolute atomic E-state index is 0.0134. The maximum atomic E-state index is 12.1. The van der Waals surface area contributed by atoms with E-state index in [9.17, 15) is 9.59 Å². The Balaban J connectivity index is 1.60. The van der Waals surface area contributed by atoms with Gasteiger partial charge in [0, 0.05) is 5.92 Å². The number of hydrogen-bond acceptors (Lipinski definition) is 6. The quantitative estimate of drug-likeness (QED) is 0.738. The van der Waals surface area contributed by atoms with Gasteiger partial charge in [-0.1, -0.05) is 42.5 Å². The number of amides is 2. The average molecular weight is 344 g/mol. The highest BCUT2D eigenvalue weighted by Crippen LogP contribution is 2.25. The lowest BCUT2D eigenvalue weighted by Crippen LogP contribution is -2.19. The van der Waals surface area contributed by atoms with Crippen LogP contribution in [0.5, 0.6) is 0 Å². The number of thiazole rings is 1. The van der Waals surface area contributed by atoms with E-state index in [2.05, 4.69) is 25.9 Å². The summed E-state index contributed by atoms with van der Waals surface area (Å²) >= 11 is 1.41. The van der Waals surface area contributed by atoms with Gasteiger partial charge in [0.15, 0.2) is 10.9 Å². The third-order valence-corrected chi connectivity index (χ3v) is 4.11. The smallest absolute Gasteiger partial charge is 0.247 e. The average Bonchev–Trinajstić information content (AvgIpc) is 3.12. The first kappa shape index (κ1) is 16.1. The summed E-state index contributed by atoms with van der Waals surface area (Å²) in [6, 6.07) is 7.66. The molecule has 0 spiro atoms. The minimum Gasteiger partial charge on any atom is -0.308 e. The summed E-state index contributed by atoms with van der Waals surface area (Å²) in [4.78, 5) is 28.0. The van der Waals surface area contributed by atoms with Crippen molar-refractivity contribution in [2.45, 2.75) is 20.4 Å². The van der Waals surface area contributed by atoms with Gasteiger partial charge in [-0.25, -0.2) is 9.67 Å². The number of hydrogen-bond donors (Lipinski definition) is 2. The zero-order valence-corrected chi connectivity index (χ0v) is 14.0. The largest absolute Gasteiger partial charge is 0.308 e. The molecule has 0 aliphatic rings. The third-order valence-electron chi connectivity index (χ3n) is 3.16. The fourth-order valence-corrected chi connectivity index (χ4v) is 2.82. The molecule has 0 aliphatic heterocycles. The van der Waals surface area contributed by atoms with Crippen LogP contribution in [0.4, 0.5) is 10.9 Å². The summed E-state index contributed by atoms with van der Waals surface area (Å²) in [5, 5.41) is 13.6. The monoisotopic (exact) mass is 344 g/mol. The highest BCUT2D eigenvalue weighted by molar-refractivity contribution is 7.22. The number of carbonyl (C=O) groups is 2. The van der Waals surface area contributed by atoms with Crippen molar-refractivity contribution in [2.24, 2.45) is 5.92 Å². The van der Waals surface area contributed by atoms with Crippen molar-refractivity contribution in [1.82, 2.24) is 20.0 Å². The van der Waals surface area contributed by atoms with Gasteiger partial charge in [0.05, 0.1) is 16.4 Å². The van der Waals surface area contributed by atoms with Crippen LogP contribution in [0.2, 0.25) is 0 Å². The fraction of sp³-hybridized carbons (Fsp3) is 0.267. The topological polar surface area (TPSA) is 102 Å². The van der Waals surface area contributed by atoms with Crippen molar-refractivity contribution < 1.29 is 9.59 Å². The Morgan fingerprint density at radius 2 is 2.04 bits per heavy atom. The van der Waals surface area contributed by atoms with Crippen LogP contribution in [-0.4, -0.2) is 31.8 Å². The minimum atomic E-state index is -0.263. The van der Waals surface area contributed by atoms with Gasteiger partial charge >= 0.3 is 0 Å².